The van der Waals surface area contributed by atoms with E-state index >= 15 is 0 Å². The van der Waals surface area contributed by atoms with Gasteiger partial charge < -0.3 is 14.9 Å². The Bertz CT molecular complexity index is 462. The second kappa shape index (κ2) is 5.53. The molecular weight excluding hydrogens is 293 g/mol. The van der Waals surface area contributed by atoms with Crippen LogP contribution in [0.15, 0.2) is 0 Å². The maximum Gasteiger partial charge on any atom is 0.406 e. The number of hydrogen-bond donors (Lipinski definition) is 1. The molecule has 1 N–H and O–H groups in total. The molecule has 1 saturated heterocycles. The minimum atomic E-state index is -4.51. The number of carboxylic acids is 1. The number of amides is 2. The summed E-state index contributed by atoms with van der Waals surface area (Å²) < 4.78 is 36.9. The molecule has 2 aliphatic rings. The van der Waals surface area contributed by atoms with E-state index in [0.29, 0.717) is 17.7 Å². The molecule has 9 heteroatoms. The highest BCUT2D eigenvalue weighted by Crippen LogP contribution is 2.31. The third-order valence-electron chi connectivity index (χ3n) is 3.51. The number of alkyl halides is 3. The highest BCUT2D eigenvalue weighted by Gasteiger charge is 2.44. The zero-order valence-electron chi connectivity index (χ0n) is 11.1. The van der Waals surface area contributed by atoms with E-state index in [1.165, 1.54) is 0 Å². The third-order valence-corrected chi connectivity index (χ3v) is 3.51. The van der Waals surface area contributed by atoms with Gasteiger partial charge >= 0.3 is 12.1 Å². The lowest BCUT2D eigenvalue weighted by molar-refractivity contribution is -0.157. The second-order valence-electron chi connectivity index (χ2n) is 5.38. The van der Waals surface area contributed by atoms with Crippen LogP contribution in [0.4, 0.5) is 13.2 Å². The lowest BCUT2D eigenvalue weighted by atomic mass is 10.1. The first-order chi connectivity index (χ1) is 9.67. The number of aliphatic carboxylic acids is 1. The van der Waals surface area contributed by atoms with Crippen LogP contribution in [0, 0.1) is 5.92 Å². The van der Waals surface area contributed by atoms with E-state index in [1.807, 2.05) is 0 Å². The number of likely N-dealkylation sites (tertiary alicyclic amines) is 1. The molecule has 0 unspecified atom stereocenters. The van der Waals surface area contributed by atoms with E-state index in [0.717, 1.165) is 4.90 Å². The van der Waals surface area contributed by atoms with E-state index in [-0.39, 0.29) is 19.0 Å². The van der Waals surface area contributed by atoms with Crippen molar-refractivity contribution >= 4 is 17.8 Å². The molecule has 2 rings (SSSR count). The molecule has 118 valence electrons. The van der Waals surface area contributed by atoms with Gasteiger partial charge in [0.15, 0.2) is 0 Å². The lowest BCUT2D eigenvalue weighted by Crippen LogP contribution is -2.42. The highest BCUT2D eigenvalue weighted by molar-refractivity contribution is 5.91. The first-order valence-electron chi connectivity index (χ1n) is 6.54. The first-order valence-corrected chi connectivity index (χ1v) is 6.54. The van der Waals surface area contributed by atoms with Crippen molar-refractivity contribution in [1.82, 2.24) is 9.80 Å². The van der Waals surface area contributed by atoms with E-state index < -0.39 is 43.0 Å². The summed E-state index contributed by atoms with van der Waals surface area (Å²) in [6.07, 6.45) is -3.43. The number of rotatable bonds is 5. The summed E-state index contributed by atoms with van der Waals surface area (Å²) in [6, 6.07) is -0.166. The zero-order valence-corrected chi connectivity index (χ0v) is 11.1. The van der Waals surface area contributed by atoms with Gasteiger partial charge in [-0.1, -0.05) is 0 Å². The average molecular weight is 308 g/mol. The van der Waals surface area contributed by atoms with Crippen LogP contribution in [0.5, 0.6) is 0 Å². The van der Waals surface area contributed by atoms with Gasteiger partial charge in [0.1, 0.15) is 13.1 Å². The lowest BCUT2D eigenvalue weighted by Gasteiger charge is -2.24. The SMILES string of the molecule is O=C(O)CN(C(=O)[C@@H]1CC(=O)N(CC(F)(F)F)C1)C1CC1. The van der Waals surface area contributed by atoms with Crippen molar-refractivity contribution in [2.24, 2.45) is 5.92 Å². The molecule has 0 radical (unpaired) electrons. The minimum absolute atomic E-state index is 0.166. The maximum atomic E-state index is 12.3. The largest absolute Gasteiger partial charge is 0.480 e. The van der Waals surface area contributed by atoms with Crippen molar-refractivity contribution < 1.29 is 32.7 Å². The zero-order chi connectivity index (χ0) is 15.8. The molecule has 2 amide bonds. The average Bonchev–Trinajstić information content (AvgIpc) is 3.10. The topological polar surface area (TPSA) is 77.9 Å². The number of carbonyl (C=O) groups is 3. The van der Waals surface area contributed by atoms with Crippen molar-refractivity contribution in [1.29, 1.82) is 0 Å². The van der Waals surface area contributed by atoms with Crippen LogP contribution in [0.2, 0.25) is 0 Å². The van der Waals surface area contributed by atoms with E-state index in [1.54, 1.807) is 0 Å². The Balaban J connectivity index is 1.99. The summed E-state index contributed by atoms with van der Waals surface area (Å²) in [5.74, 6) is -3.33. The van der Waals surface area contributed by atoms with Gasteiger partial charge in [-0.15, -0.1) is 0 Å². The molecular formula is C12H15F3N2O4. The first kappa shape index (κ1) is 15.6. The Morgan fingerprint density at radius 3 is 2.43 bits per heavy atom. The predicted octanol–water partition coefficient (Wildman–Crippen LogP) is 0.473. The van der Waals surface area contributed by atoms with Gasteiger partial charge in [-0.3, -0.25) is 14.4 Å². The molecule has 21 heavy (non-hydrogen) atoms. The molecule has 6 nitrogen and oxygen atoms in total. The van der Waals surface area contributed by atoms with Crippen LogP contribution in [0.1, 0.15) is 19.3 Å². The fraction of sp³-hybridized carbons (Fsp3) is 0.750. The molecule has 2 fully saturated rings. The second-order valence-corrected chi connectivity index (χ2v) is 5.38. The van der Waals surface area contributed by atoms with Gasteiger partial charge in [0.2, 0.25) is 11.8 Å². The summed E-state index contributed by atoms with van der Waals surface area (Å²) in [6.45, 7) is -2.16. The molecule has 1 saturated carbocycles. The van der Waals surface area contributed by atoms with Crippen molar-refractivity contribution in [3.05, 3.63) is 0 Å². The van der Waals surface area contributed by atoms with Crippen molar-refractivity contribution in [3.8, 4) is 0 Å². The smallest absolute Gasteiger partial charge is 0.406 e. The van der Waals surface area contributed by atoms with Gasteiger partial charge in [-0.25, -0.2) is 0 Å². The number of carbonyl (C=O) groups excluding carboxylic acids is 2. The van der Waals surface area contributed by atoms with Gasteiger partial charge in [0.25, 0.3) is 0 Å². The van der Waals surface area contributed by atoms with Crippen LogP contribution in [0.25, 0.3) is 0 Å². The molecule has 1 aliphatic heterocycles. The summed E-state index contributed by atoms with van der Waals surface area (Å²) in [5, 5.41) is 8.79. The Hall–Kier alpha value is -1.80. The van der Waals surface area contributed by atoms with Crippen LogP contribution < -0.4 is 0 Å². The summed E-state index contributed by atoms with van der Waals surface area (Å²) >= 11 is 0. The Labute approximate surface area is 118 Å². The molecule has 1 aliphatic carbocycles. The molecule has 1 atom stereocenters. The van der Waals surface area contributed by atoms with Crippen molar-refractivity contribution in [2.45, 2.75) is 31.5 Å². The number of hydrogen-bond acceptors (Lipinski definition) is 3. The Morgan fingerprint density at radius 1 is 1.33 bits per heavy atom. The molecule has 0 bridgehead atoms. The van der Waals surface area contributed by atoms with Crippen molar-refractivity contribution in [2.75, 3.05) is 19.6 Å². The maximum absolute atomic E-state index is 12.3. The van der Waals surface area contributed by atoms with Crippen LogP contribution in [-0.2, 0) is 14.4 Å². The highest BCUT2D eigenvalue weighted by atomic mass is 19.4. The molecule has 0 spiro atoms. The molecule has 1 heterocycles. The summed E-state index contributed by atoms with van der Waals surface area (Å²) in [5.41, 5.74) is 0. The number of nitrogens with zero attached hydrogens (tertiary/aromatic N) is 2. The van der Waals surface area contributed by atoms with Gasteiger partial charge in [-0.2, -0.15) is 13.2 Å². The number of carboxylic acid groups (broad SMARTS) is 1. The van der Waals surface area contributed by atoms with Crippen molar-refractivity contribution in [3.63, 3.8) is 0 Å². The van der Waals surface area contributed by atoms with Gasteiger partial charge in [0.05, 0.1) is 5.92 Å². The summed E-state index contributed by atoms with van der Waals surface area (Å²) in [4.78, 5) is 36.3. The summed E-state index contributed by atoms with van der Waals surface area (Å²) in [7, 11) is 0. The quantitative estimate of drug-likeness (QED) is 0.801. The predicted molar refractivity (Wildman–Crippen MR) is 63.1 cm³/mol. The number of halogens is 3. The van der Waals surface area contributed by atoms with E-state index in [4.69, 9.17) is 5.11 Å². The third kappa shape index (κ3) is 4.08. The van der Waals surface area contributed by atoms with E-state index in [2.05, 4.69) is 0 Å². The van der Waals surface area contributed by atoms with Gasteiger partial charge in [-0.05, 0) is 12.8 Å². The molecule has 0 aromatic heterocycles. The normalized spacial score (nSPS) is 22.5. The molecule has 0 aromatic rings. The monoisotopic (exact) mass is 308 g/mol. The Kier molecular flexibility index (Phi) is 4.11. The Morgan fingerprint density at radius 2 is 1.95 bits per heavy atom. The van der Waals surface area contributed by atoms with Crippen LogP contribution in [0.3, 0.4) is 0 Å². The van der Waals surface area contributed by atoms with Crippen LogP contribution >= 0.6 is 0 Å². The standard InChI is InChI=1S/C12H15F3N2O4/c13-12(14,15)6-16-4-7(3-9(16)18)11(21)17(5-10(19)20)8-1-2-8/h7-8H,1-6H2,(H,19,20)/t7-/m1/s1. The molecule has 0 aromatic carbocycles. The van der Waals surface area contributed by atoms with Gasteiger partial charge in [0, 0.05) is 19.0 Å². The fourth-order valence-electron chi connectivity index (χ4n) is 2.46. The van der Waals surface area contributed by atoms with Crippen LogP contribution in [-0.4, -0.2) is 64.5 Å². The van der Waals surface area contributed by atoms with E-state index in [9.17, 15) is 27.6 Å². The fourth-order valence-corrected chi connectivity index (χ4v) is 2.46. The minimum Gasteiger partial charge on any atom is -0.480 e.